The summed E-state index contributed by atoms with van der Waals surface area (Å²) in [4.78, 5) is 12.0. The van der Waals surface area contributed by atoms with Crippen molar-refractivity contribution in [3.05, 3.63) is 47.5 Å². The molecule has 2 N–H and O–H groups in total. The van der Waals surface area contributed by atoms with Gasteiger partial charge >= 0.3 is 0 Å². The fraction of sp³-hybridized carbons (Fsp3) is 0. The van der Waals surface area contributed by atoms with E-state index in [4.69, 9.17) is 0 Å². The molecule has 0 fully saturated rings. The molecule has 0 amide bonds. The molecule has 3 nitrogen and oxygen atoms in total. The molecule has 1 aliphatic carbocycles. The molecule has 0 aromatic heterocycles. The molecule has 0 saturated carbocycles. The summed E-state index contributed by atoms with van der Waals surface area (Å²) in [6, 6.07) is 9.44. The Morgan fingerprint density at radius 1 is 0.875 bits per heavy atom. The first-order chi connectivity index (χ1) is 7.68. The topological polar surface area (TPSA) is 57.5 Å². The second kappa shape index (κ2) is 2.85. The minimum atomic E-state index is -0.156. The third kappa shape index (κ3) is 0.997. The van der Waals surface area contributed by atoms with Crippen molar-refractivity contribution < 1.29 is 15.0 Å². The van der Waals surface area contributed by atoms with Crippen LogP contribution in [0.3, 0.4) is 0 Å². The maximum Gasteiger partial charge on any atom is 0.194 e. The average Bonchev–Trinajstić information content (AvgIpc) is 2.55. The summed E-state index contributed by atoms with van der Waals surface area (Å²) in [6.07, 6.45) is 0. The van der Waals surface area contributed by atoms with Crippen molar-refractivity contribution in [2.75, 3.05) is 0 Å². The first-order valence-corrected chi connectivity index (χ1v) is 4.88. The van der Waals surface area contributed by atoms with Crippen molar-refractivity contribution in [2.24, 2.45) is 0 Å². The Morgan fingerprint density at radius 3 is 2.50 bits per heavy atom. The number of rotatable bonds is 0. The Kier molecular flexibility index (Phi) is 1.60. The highest BCUT2D eigenvalue weighted by Crippen LogP contribution is 2.42. The van der Waals surface area contributed by atoms with Gasteiger partial charge in [0.25, 0.3) is 0 Å². The van der Waals surface area contributed by atoms with Gasteiger partial charge in [-0.15, -0.1) is 0 Å². The minimum Gasteiger partial charge on any atom is -0.508 e. The number of benzene rings is 2. The van der Waals surface area contributed by atoms with Gasteiger partial charge in [0.15, 0.2) is 5.78 Å². The zero-order valence-electron chi connectivity index (χ0n) is 8.27. The number of ketones is 1. The van der Waals surface area contributed by atoms with Crippen LogP contribution < -0.4 is 0 Å². The van der Waals surface area contributed by atoms with Crippen LogP contribution in [0.1, 0.15) is 15.9 Å². The summed E-state index contributed by atoms with van der Waals surface area (Å²) in [7, 11) is 0. The number of carbonyl (C=O) groups is 1. The quantitative estimate of drug-likeness (QED) is 0.601. The van der Waals surface area contributed by atoms with Gasteiger partial charge in [0.2, 0.25) is 0 Å². The van der Waals surface area contributed by atoms with Gasteiger partial charge in [-0.3, -0.25) is 4.79 Å². The van der Waals surface area contributed by atoms with Crippen LogP contribution >= 0.6 is 0 Å². The monoisotopic (exact) mass is 212 g/mol. The SMILES string of the molecule is O=C1c2cc(O)ccc2-c2c(O)cccc21. The normalized spacial score (nSPS) is 12.4. The number of hydrogen-bond donors (Lipinski definition) is 2. The third-order valence-electron chi connectivity index (χ3n) is 2.80. The molecule has 1 aliphatic rings. The molecule has 2 aromatic carbocycles. The van der Waals surface area contributed by atoms with E-state index in [2.05, 4.69) is 0 Å². The highest BCUT2D eigenvalue weighted by molar-refractivity contribution is 6.22. The standard InChI is InChI=1S/C13H8O3/c14-7-4-5-8-10(6-7)13(16)9-2-1-3-11(15)12(8)9/h1-6,14-15H. The van der Waals surface area contributed by atoms with Crippen molar-refractivity contribution >= 4 is 5.78 Å². The van der Waals surface area contributed by atoms with E-state index in [9.17, 15) is 15.0 Å². The lowest BCUT2D eigenvalue weighted by Gasteiger charge is -2.02. The van der Waals surface area contributed by atoms with E-state index in [-0.39, 0.29) is 17.3 Å². The first kappa shape index (κ1) is 8.97. The Balaban J connectivity index is 2.41. The van der Waals surface area contributed by atoms with Crippen molar-refractivity contribution in [1.82, 2.24) is 0 Å². The summed E-state index contributed by atoms with van der Waals surface area (Å²) < 4.78 is 0. The highest BCUT2D eigenvalue weighted by atomic mass is 16.3. The lowest BCUT2D eigenvalue weighted by molar-refractivity contribution is 0.104. The minimum absolute atomic E-state index is 0.0550. The fourth-order valence-corrected chi connectivity index (χ4v) is 2.10. The molecular formula is C13H8O3. The summed E-state index contributed by atoms with van der Waals surface area (Å²) in [5.41, 5.74) is 2.16. The van der Waals surface area contributed by atoms with Crippen LogP contribution in [-0.2, 0) is 0 Å². The summed E-state index contributed by atoms with van der Waals surface area (Å²) in [5, 5.41) is 19.1. The number of hydrogen-bond acceptors (Lipinski definition) is 3. The Morgan fingerprint density at radius 2 is 1.69 bits per heavy atom. The van der Waals surface area contributed by atoms with Crippen LogP contribution in [0.15, 0.2) is 36.4 Å². The third-order valence-corrected chi connectivity index (χ3v) is 2.80. The Labute approximate surface area is 91.6 Å². The van der Waals surface area contributed by atoms with Crippen LogP contribution in [0.5, 0.6) is 11.5 Å². The number of fused-ring (bicyclic) bond motifs is 3. The lowest BCUT2D eigenvalue weighted by Crippen LogP contribution is -1.94. The van der Waals surface area contributed by atoms with Crippen molar-refractivity contribution in [2.45, 2.75) is 0 Å². The largest absolute Gasteiger partial charge is 0.508 e. The Bertz CT molecular complexity index is 615. The molecule has 0 radical (unpaired) electrons. The van der Waals surface area contributed by atoms with Gasteiger partial charge in [0, 0.05) is 16.7 Å². The molecule has 0 atom stereocenters. The molecule has 3 heteroatoms. The molecular weight excluding hydrogens is 204 g/mol. The van der Waals surface area contributed by atoms with Crippen LogP contribution in [0.25, 0.3) is 11.1 Å². The van der Waals surface area contributed by atoms with E-state index in [0.717, 1.165) is 0 Å². The molecule has 78 valence electrons. The van der Waals surface area contributed by atoms with Crippen molar-refractivity contribution in [3.63, 3.8) is 0 Å². The second-order valence-electron chi connectivity index (χ2n) is 3.76. The molecule has 3 rings (SSSR count). The number of phenols is 2. The highest BCUT2D eigenvalue weighted by Gasteiger charge is 2.28. The van der Waals surface area contributed by atoms with Crippen molar-refractivity contribution in [3.8, 4) is 22.6 Å². The first-order valence-electron chi connectivity index (χ1n) is 4.88. The molecule has 0 heterocycles. The molecule has 0 unspecified atom stereocenters. The van der Waals surface area contributed by atoms with Gasteiger partial charge in [0.05, 0.1) is 0 Å². The van der Waals surface area contributed by atoms with E-state index in [1.165, 1.54) is 12.1 Å². The van der Waals surface area contributed by atoms with E-state index in [0.29, 0.717) is 22.3 Å². The molecule has 0 aliphatic heterocycles. The number of phenolic OH excluding ortho intramolecular Hbond substituents is 2. The van der Waals surface area contributed by atoms with Crippen LogP contribution in [0, 0.1) is 0 Å². The lowest BCUT2D eigenvalue weighted by atomic mass is 10.0. The van der Waals surface area contributed by atoms with Crippen LogP contribution in [-0.4, -0.2) is 16.0 Å². The number of carbonyl (C=O) groups excluding carboxylic acids is 1. The molecule has 0 bridgehead atoms. The summed E-state index contributed by atoms with van der Waals surface area (Å²) >= 11 is 0. The predicted molar refractivity (Wildman–Crippen MR) is 58.6 cm³/mol. The molecule has 2 aromatic rings. The van der Waals surface area contributed by atoms with E-state index < -0.39 is 0 Å². The molecule has 0 spiro atoms. The van der Waals surface area contributed by atoms with Gasteiger partial charge in [-0.05, 0) is 29.8 Å². The van der Waals surface area contributed by atoms with Crippen molar-refractivity contribution in [1.29, 1.82) is 0 Å². The van der Waals surface area contributed by atoms with Crippen LogP contribution in [0.2, 0.25) is 0 Å². The maximum absolute atomic E-state index is 12.0. The maximum atomic E-state index is 12.0. The molecule has 0 saturated heterocycles. The fourth-order valence-electron chi connectivity index (χ4n) is 2.10. The van der Waals surface area contributed by atoms with E-state index >= 15 is 0 Å². The summed E-state index contributed by atoms with van der Waals surface area (Å²) in [5.74, 6) is -0.00788. The van der Waals surface area contributed by atoms with Gasteiger partial charge in [-0.1, -0.05) is 12.1 Å². The number of aromatic hydroxyl groups is 2. The van der Waals surface area contributed by atoms with Gasteiger partial charge < -0.3 is 10.2 Å². The van der Waals surface area contributed by atoms with Gasteiger partial charge in [0.1, 0.15) is 11.5 Å². The predicted octanol–water partition coefficient (Wildman–Crippen LogP) is 2.31. The molecule has 16 heavy (non-hydrogen) atoms. The van der Waals surface area contributed by atoms with Gasteiger partial charge in [-0.25, -0.2) is 0 Å². The smallest absolute Gasteiger partial charge is 0.194 e. The zero-order chi connectivity index (χ0) is 11.3. The zero-order valence-corrected chi connectivity index (χ0v) is 8.27. The summed E-state index contributed by atoms with van der Waals surface area (Å²) in [6.45, 7) is 0. The van der Waals surface area contributed by atoms with Gasteiger partial charge in [-0.2, -0.15) is 0 Å². The van der Waals surface area contributed by atoms with E-state index in [1.54, 1.807) is 24.3 Å². The van der Waals surface area contributed by atoms with E-state index in [1.807, 2.05) is 0 Å². The Hall–Kier alpha value is -2.29. The average molecular weight is 212 g/mol. The van der Waals surface area contributed by atoms with Crippen LogP contribution in [0.4, 0.5) is 0 Å². The second-order valence-corrected chi connectivity index (χ2v) is 3.76.